The van der Waals surface area contributed by atoms with Crippen LogP contribution < -0.4 is 9.47 Å². The normalized spacial score (nSPS) is 15.3. The van der Waals surface area contributed by atoms with Gasteiger partial charge in [-0.25, -0.2) is 4.79 Å². The summed E-state index contributed by atoms with van der Waals surface area (Å²) in [5.41, 5.74) is 0.317. The highest BCUT2D eigenvalue weighted by molar-refractivity contribution is 6.31. The van der Waals surface area contributed by atoms with Gasteiger partial charge in [0.05, 0.1) is 12.7 Å². The number of ether oxygens (including phenoxy) is 2. The third-order valence-corrected chi connectivity index (χ3v) is 3.77. The highest BCUT2D eigenvalue weighted by Crippen LogP contribution is 2.42. The Morgan fingerprint density at radius 1 is 1.43 bits per heavy atom. The van der Waals surface area contributed by atoms with Gasteiger partial charge in [0.1, 0.15) is 6.10 Å². The molecule has 0 amide bonds. The van der Waals surface area contributed by atoms with Crippen molar-refractivity contribution in [2.75, 3.05) is 27.2 Å². The molecule has 2 heterocycles. The molecule has 0 saturated carbocycles. The Hall–Kier alpha value is -2.25. The van der Waals surface area contributed by atoms with E-state index in [0.29, 0.717) is 22.1 Å². The zero-order chi connectivity index (χ0) is 16.6. The topological polar surface area (TPSA) is 85.0 Å². The van der Waals surface area contributed by atoms with E-state index >= 15 is 0 Å². The molecule has 3 rings (SSSR count). The predicted molar refractivity (Wildman–Crippen MR) is 82.4 cm³/mol. The fourth-order valence-corrected chi connectivity index (χ4v) is 2.62. The Morgan fingerprint density at radius 2 is 2.17 bits per heavy atom. The van der Waals surface area contributed by atoms with Crippen LogP contribution in [0.1, 0.15) is 10.5 Å². The molecular formula is C15H15ClN2O5. The van der Waals surface area contributed by atoms with Gasteiger partial charge in [0.25, 0.3) is 0 Å². The summed E-state index contributed by atoms with van der Waals surface area (Å²) in [6.45, 7) is 1.59. The largest absolute Gasteiger partial charge is 0.493 e. The van der Waals surface area contributed by atoms with Crippen molar-refractivity contribution in [3.05, 3.63) is 28.9 Å². The van der Waals surface area contributed by atoms with Crippen LogP contribution in [0, 0.1) is 0 Å². The van der Waals surface area contributed by atoms with Crippen molar-refractivity contribution in [1.82, 2.24) is 10.1 Å². The van der Waals surface area contributed by atoms with E-state index in [1.165, 1.54) is 13.2 Å². The molecule has 7 nitrogen and oxygen atoms in total. The van der Waals surface area contributed by atoms with E-state index in [9.17, 15) is 4.79 Å². The number of hydrogen-bond donors (Lipinski definition) is 1. The van der Waals surface area contributed by atoms with Crippen molar-refractivity contribution in [2.45, 2.75) is 6.10 Å². The molecule has 1 saturated heterocycles. The molecule has 23 heavy (non-hydrogen) atoms. The number of hydrogen-bond acceptors (Lipinski definition) is 6. The molecule has 122 valence electrons. The smallest absolute Gasteiger partial charge is 0.358 e. The van der Waals surface area contributed by atoms with Gasteiger partial charge in [0.2, 0.25) is 0 Å². The first-order chi connectivity index (χ1) is 11.0. The molecule has 0 unspecified atom stereocenters. The number of halogens is 1. The summed E-state index contributed by atoms with van der Waals surface area (Å²) in [5, 5.41) is 12.9. The summed E-state index contributed by atoms with van der Waals surface area (Å²) in [4.78, 5) is 13.1. The Balaban J connectivity index is 2.02. The van der Waals surface area contributed by atoms with Crippen molar-refractivity contribution in [2.24, 2.45) is 0 Å². The van der Waals surface area contributed by atoms with Crippen LogP contribution in [0.5, 0.6) is 11.5 Å². The highest BCUT2D eigenvalue weighted by atomic mass is 35.5. The van der Waals surface area contributed by atoms with Gasteiger partial charge in [-0.2, -0.15) is 0 Å². The summed E-state index contributed by atoms with van der Waals surface area (Å²) in [5.74, 6) is 0.00127. The third kappa shape index (κ3) is 3.11. The van der Waals surface area contributed by atoms with Crippen LogP contribution in [-0.4, -0.2) is 54.5 Å². The summed E-state index contributed by atoms with van der Waals surface area (Å²) in [6.07, 6.45) is 0.0238. The number of aromatic carboxylic acids is 1. The zero-order valence-electron chi connectivity index (χ0n) is 12.6. The Bertz CT molecular complexity index is 739. The minimum absolute atomic E-state index is 0.0238. The number of nitrogens with zero attached hydrogens (tertiary/aromatic N) is 2. The average Bonchev–Trinajstić information content (AvgIpc) is 2.96. The van der Waals surface area contributed by atoms with Crippen LogP contribution >= 0.6 is 11.6 Å². The standard InChI is InChI=1S/C15H15ClN2O5/c1-18-6-9(7-18)22-14-10(3-8(16)4-13(14)21-2)12-5-11(15(19)20)17-23-12/h3-5,9H,6-7H2,1-2H3,(H,19,20). The van der Waals surface area contributed by atoms with Crippen LogP contribution in [0.15, 0.2) is 22.7 Å². The molecule has 1 fully saturated rings. The minimum Gasteiger partial charge on any atom is -0.493 e. The monoisotopic (exact) mass is 338 g/mol. The summed E-state index contributed by atoms with van der Waals surface area (Å²) < 4.78 is 16.5. The molecule has 1 aliphatic rings. The van der Waals surface area contributed by atoms with E-state index in [1.54, 1.807) is 12.1 Å². The molecule has 0 atom stereocenters. The molecular weight excluding hydrogens is 324 g/mol. The molecule has 2 aromatic rings. The first-order valence-corrected chi connectivity index (χ1v) is 7.29. The summed E-state index contributed by atoms with van der Waals surface area (Å²) in [7, 11) is 3.51. The van der Waals surface area contributed by atoms with Gasteiger partial charge in [0, 0.05) is 30.2 Å². The van der Waals surface area contributed by atoms with Crippen LogP contribution in [0.3, 0.4) is 0 Å². The summed E-state index contributed by atoms with van der Waals surface area (Å²) >= 11 is 6.11. The molecule has 1 aliphatic heterocycles. The van der Waals surface area contributed by atoms with Gasteiger partial charge in [-0.1, -0.05) is 16.8 Å². The van der Waals surface area contributed by atoms with Crippen LogP contribution in [0.2, 0.25) is 5.02 Å². The zero-order valence-corrected chi connectivity index (χ0v) is 13.3. The van der Waals surface area contributed by atoms with Gasteiger partial charge < -0.3 is 19.1 Å². The number of carboxylic acid groups (broad SMARTS) is 1. The first kappa shape index (κ1) is 15.6. The van der Waals surface area contributed by atoms with Gasteiger partial charge in [-0.05, 0) is 13.1 Å². The van der Waals surface area contributed by atoms with E-state index in [0.717, 1.165) is 13.1 Å². The Kier molecular flexibility index (Phi) is 4.14. The first-order valence-electron chi connectivity index (χ1n) is 6.91. The van der Waals surface area contributed by atoms with Crippen molar-refractivity contribution in [3.8, 4) is 22.8 Å². The van der Waals surface area contributed by atoms with Crippen LogP contribution in [0.4, 0.5) is 0 Å². The second-order valence-corrected chi connectivity index (χ2v) is 5.76. The van der Waals surface area contributed by atoms with E-state index in [-0.39, 0.29) is 17.6 Å². The lowest BCUT2D eigenvalue weighted by molar-refractivity contribution is 0.0373. The number of benzene rings is 1. The Labute approximate surface area is 137 Å². The molecule has 0 radical (unpaired) electrons. The maximum Gasteiger partial charge on any atom is 0.358 e. The lowest BCUT2D eigenvalue weighted by Crippen LogP contribution is -2.51. The van der Waals surface area contributed by atoms with Crippen molar-refractivity contribution in [1.29, 1.82) is 0 Å². The second kappa shape index (κ2) is 6.10. The van der Waals surface area contributed by atoms with Gasteiger partial charge >= 0.3 is 5.97 Å². The van der Waals surface area contributed by atoms with E-state index in [2.05, 4.69) is 10.1 Å². The minimum atomic E-state index is -1.17. The predicted octanol–water partition coefficient (Wildman–Crippen LogP) is 2.39. The van der Waals surface area contributed by atoms with Gasteiger partial charge in [-0.3, -0.25) is 4.90 Å². The molecule has 0 aliphatic carbocycles. The fourth-order valence-electron chi connectivity index (χ4n) is 2.41. The van der Waals surface area contributed by atoms with Gasteiger partial charge in [0.15, 0.2) is 23.0 Å². The summed E-state index contributed by atoms with van der Waals surface area (Å²) in [6, 6.07) is 4.60. The van der Waals surface area contributed by atoms with Crippen molar-refractivity contribution < 1.29 is 23.9 Å². The van der Waals surface area contributed by atoms with E-state index < -0.39 is 5.97 Å². The molecule has 0 spiro atoms. The lowest BCUT2D eigenvalue weighted by Gasteiger charge is -2.36. The van der Waals surface area contributed by atoms with E-state index in [4.69, 9.17) is 30.7 Å². The molecule has 1 N–H and O–H groups in total. The number of aromatic nitrogens is 1. The third-order valence-electron chi connectivity index (χ3n) is 3.55. The second-order valence-electron chi connectivity index (χ2n) is 5.33. The molecule has 0 bridgehead atoms. The molecule has 1 aromatic heterocycles. The number of likely N-dealkylation sites (N-methyl/N-ethyl adjacent to an activating group) is 1. The fraction of sp³-hybridized carbons (Fsp3) is 0.333. The maximum absolute atomic E-state index is 11.0. The SMILES string of the molecule is COc1cc(Cl)cc(-c2cc(C(=O)O)no2)c1OC1CN(C)C1. The Morgan fingerprint density at radius 3 is 2.74 bits per heavy atom. The highest BCUT2D eigenvalue weighted by Gasteiger charge is 2.28. The molecule has 8 heteroatoms. The van der Waals surface area contributed by atoms with Crippen LogP contribution in [-0.2, 0) is 0 Å². The number of carboxylic acids is 1. The number of likely N-dealkylation sites (tertiary alicyclic amines) is 1. The lowest BCUT2D eigenvalue weighted by atomic mass is 10.1. The maximum atomic E-state index is 11.0. The molecule has 1 aromatic carbocycles. The van der Waals surface area contributed by atoms with E-state index in [1.807, 2.05) is 7.05 Å². The number of methoxy groups -OCH3 is 1. The number of rotatable bonds is 5. The number of carbonyl (C=O) groups is 1. The van der Waals surface area contributed by atoms with Crippen molar-refractivity contribution in [3.63, 3.8) is 0 Å². The van der Waals surface area contributed by atoms with Crippen LogP contribution in [0.25, 0.3) is 11.3 Å². The average molecular weight is 339 g/mol. The van der Waals surface area contributed by atoms with Gasteiger partial charge in [-0.15, -0.1) is 0 Å². The van der Waals surface area contributed by atoms with Crippen molar-refractivity contribution >= 4 is 17.6 Å². The quantitative estimate of drug-likeness (QED) is 0.895.